The van der Waals surface area contributed by atoms with Crippen LogP contribution in [-0.2, 0) is 0 Å². The van der Waals surface area contributed by atoms with Crippen molar-refractivity contribution in [2.45, 2.75) is 11.6 Å². The summed E-state index contributed by atoms with van der Waals surface area (Å²) in [5.74, 6) is 5.81. The van der Waals surface area contributed by atoms with Gasteiger partial charge in [-0.2, -0.15) is 9.77 Å². The average Bonchev–Trinajstić information content (AvgIpc) is 2.51. The second-order valence-electron chi connectivity index (χ2n) is 4.22. The molecule has 2 rings (SSSR count). The number of carboxylic acids is 1. The molecule has 0 saturated carbocycles. The molecule has 116 valence electrons. The first kappa shape index (κ1) is 15.8. The van der Waals surface area contributed by atoms with Crippen LogP contribution in [0.1, 0.15) is 16.8 Å². The molecule has 2 aromatic rings. The molecule has 1 aromatic carbocycles. The summed E-state index contributed by atoms with van der Waals surface area (Å²) in [5.41, 5.74) is -0.196. The molecule has 0 bridgehead atoms. The first-order valence-electron chi connectivity index (χ1n) is 6.36. The van der Waals surface area contributed by atoms with Crippen LogP contribution in [0.3, 0.4) is 0 Å². The van der Waals surface area contributed by atoms with E-state index in [1.54, 1.807) is 12.1 Å². The highest BCUT2D eigenvalue weighted by atomic mass is 32.2. The molecular formula is C13H14N4O4S. The van der Waals surface area contributed by atoms with Gasteiger partial charge in [0.25, 0.3) is 5.56 Å². The maximum Gasteiger partial charge on any atom is 0.335 e. The monoisotopic (exact) mass is 322 g/mol. The number of carbonyl (C=O) groups is 1. The zero-order chi connectivity index (χ0) is 15.9. The van der Waals surface area contributed by atoms with Crippen molar-refractivity contribution in [3.05, 3.63) is 46.4 Å². The lowest BCUT2D eigenvalue weighted by molar-refractivity contribution is 0.0697. The molecule has 0 atom stereocenters. The van der Waals surface area contributed by atoms with Gasteiger partial charge in [-0.1, -0.05) is 11.8 Å². The fourth-order valence-electron chi connectivity index (χ4n) is 1.54. The third kappa shape index (κ3) is 4.22. The molecule has 3 N–H and O–H groups in total. The van der Waals surface area contributed by atoms with Gasteiger partial charge in [-0.15, -0.1) is 5.10 Å². The lowest BCUT2D eigenvalue weighted by atomic mass is 10.2. The SMILES string of the molecule is Nn1c(SCCCOc2ccc(C(=O)O)cc2)nncc1=O. The molecule has 0 aliphatic heterocycles. The minimum atomic E-state index is -0.972. The smallest absolute Gasteiger partial charge is 0.335 e. The summed E-state index contributed by atoms with van der Waals surface area (Å²) in [7, 11) is 0. The molecule has 8 nitrogen and oxygen atoms in total. The Morgan fingerprint density at radius 2 is 2.09 bits per heavy atom. The molecule has 0 unspecified atom stereocenters. The molecule has 0 saturated heterocycles. The van der Waals surface area contributed by atoms with Gasteiger partial charge in [0.15, 0.2) is 0 Å². The number of nitrogens with two attached hydrogens (primary N) is 1. The molecule has 0 fully saturated rings. The number of aromatic nitrogens is 3. The summed E-state index contributed by atoms with van der Waals surface area (Å²) < 4.78 is 6.44. The summed E-state index contributed by atoms with van der Waals surface area (Å²) >= 11 is 1.31. The Labute approximate surface area is 129 Å². The minimum absolute atomic E-state index is 0.214. The van der Waals surface area contributed by atoms with Crippen molar-refractivity contribution in [1.82, 2.24) is 14.9 Å². The van der Waals surface area contributed by atoms with Crippen molar-refractivity contribution in [3.63, 3.8) is 0 Å². The number of hydrogen-bond donors (Lipinski definition) is 2. The van der Waals surface area contributed by atoms with Crippen LogP contribution < -0.4 is 16.1 Å². The van der Waals surface area contributed by atoms with Crippen LogP contribution in [0, 0.1) is 0 Å². The van der Waals surface area contributed by atoms with Crippen LogP contribution in [0.4, 0.5) is 0 Å². The summed E-state index contributed by atoms with van der Waals surface area (Å²) in [4.78, 5) is 22.0. The van der Waals surface area contributed by atoms with Gasteiger partial charge in [0, 0.05) is 5.75 Å². The highest BCUT2D eigenvalue weighted by Gasteiger charge is 2.04. The Hall–Kier alpha value is -2.55. The van der Waals surface area contributed by atoms with E-state index in [0.29, 0.717) is 29.7 Å². The number of benzene rings is 1. The molecule has 22 heavy (non-hydrogen) atoms. The second-order valence-corrected chi connectivity index (χ2v) is 5.28. The van der Waals surface area contributed by atoms with E-state index in [2.05, 4.69) is 10.2 Å². The van der Waals surface area contributed by atoms with Crippen LogP contribution >= 0.6 is 11.8 Å². The largest absolute Gasteiger partial charge is 0.494 e. The molecule has 0 aliphatic rings. The van der Waals surface area contributed by atoms with E-state index in [1.807, 2.05) is 0 Å². The first-order valence-corrected chi connectivity index (χ1v) is 7.35. The van der Waals surface area contributed by atoms with Gasteiger partial charge in [-0.25, -0.2) is 4.79 Å². The Morgan fingerprint density at radius 1 is 1.36 bits per heavy atom. The van der Waals surface area contributed by atoms with Gasteiger partial charge < -0.3 is 15.7 Å². The van der Waals surface area contributed by atoms with Gasteiger partial charge in [0.2, 0.25) is 5.16 Å². The van der Waals surface area contributed by atoms with Crippen LogP contribution in [0.25, 0.3) is 0 Å². The van der Waals surface area contributed by atoms with Gasteiger partial charge in [0.05, 0.1) is 12.2 Å². The first-order chi connectivity index (χ1) is 10.6. The lowest BCUT2D eigenvalue weighted by Crippen LogP contribution is -2.29. The van der Waals surface area contributed by atoms with Gasteiger partial charge in [-0.3, -0.25) is 4.79 Å². The van der Waals surface area contributed by atoms with E-state index in [-0.39, 0.29) is 5.56 Å². The Balaban J connectivity index is 1.74. The van der Waals surface area contributed by atoms with Crippen molar-refractivity contribution in [2.75, 3.05) is 18.2 Å². The fourth-order valence-corrected chi connectivity index (χ4v) is 2.32. The topological polar surface area (TPSA) is 120 Å². The standard InChI is InChI=1S/C13H14N4O4S/c14-17-11(18)8-15-16-13(17)22-7-1-6-21-10-4-2-9(3-5-10)12(19)20/h2-5,8H,1,6-7,14H2,(H,19,20). The predicted octanol–water partition coefficient (Wildman–Crippen LogP) is 0.611. The quantitative estimate of drug-likeness (QED) is 0.432. The van der Waals surface area contributed by atoms with Crippen molar-refractivity contribution in [3.8, 4) is 5.75 Å². The third-order valence-electron chi connectivity index (χ3n) is 2.64. The number of aromatic carboxylic acids is 1. The molecular weight excluding hydrogens is 308 g/mol. The number of nitrogens with zero attached hydrogens (tertiary/aromatic N) is 3. The van der Waals surface area contributed by atoms with E-state index in [4.69, 9.17) is 15.7 Å². The van der Waals surface area contributed by atoms with Crippen LogP contribution in [0.15, 0.2) is 40.4 Å². The zero-order valence-corrected chi connectivity index (χ0v) is 12.3. The van der Waals surface area contributed by atoms with Crippen molar-refractivity contribution in [1.29, 1.82) is 0 Å². The van der Waals surface area contributed by atoms with Crippen molar-refractivity contribution in [2.24, 2.45) is 0 Å². The van der Waals surface area contributed by atoms with E-state index < -0.39 is 11.5 Å². The zero-order valence-electron chi connectivity index (χ0n) is 11.5. The number of thioether (sulfide) groups is 1. The van der Waals surface area contributed by atoms with Crippen molar-refractivity contribution >= 4 is 17.7 Å². The molecule has 0 aliphatic carbocycles. The Morgan fingerprint density at radius 3 is 2.77 bits per heavy atom. The number of nitrogen functional groups attached to an aromatic ring is 1. The minimum Gasteiger partial charge on any atom is -0.494 e. The van der Waals surface area contributed by atoms with E-state index >= 15 is 0 Å². The maximum absolute atomic E-state index is 11.2. The highest BCUT2D eigenvalue weighted by molar-refractivity contribution is 7.99. The number of rotatable bonds is 7. The molecule has 0 radical (unpaired) electrons. The number of ether oxygens (including phenoxy) is 1. The van der Waals surface area contributed by atoms with E-state index in [0.717, 1.165) is 10.9 Å². The molecule has 1 heterocycles. The number of hydrogen-bond acceptors (Lipinski definition) is 7. The predicted molar refractivity (Wildman–Crippen MR) is 80.7 cm³/mol. The summed E-state index contributed by atoms with van der Waals surface area (Å²) in [6.07, 6.45) is 1.75. The summed E-state index contributed by atoms with van der Waals surface area (Å²) in [6, 6.07) is 6.19. The second kappa shape index (κ2) is 7.46. The van der Waals surface area contributed by atoms with E-state index in [1.165, 1.54) is 23.9 Å². The van der Waals surface area contributed by atoms with Crippen LogP contribution in [0.5, 0.6) is 5.75 Å². The molecule has 1 aromatic heterocycles. The van der Waals surface area contributed by atoms with Gasteiger partial charge in [0.1, 0.15) is 11.9 Å². The average molecular weight is 322 g/mol. The fraction of sp³-hybridized carbons (Fsp3) is 0.231. The normalized spacial score (nSPS) is 10.4. The number of carboxylic acid groups (broad SMARTS) is 1. The third-order valence-corrected chi connectivity index (χ3v) is 3.67. The summed E-state index contributed by atoms with van der Waals surface area (Å²) in [6.45, 7) is 0.453. The maximum atomic E-state index is 11.2. The Kier molecular flexibility index (Phi) is 5.37. The highest BCUT2D eigenvalue weighted by Crippen LogP contribution is 2.15. The van der Waals surface area contributed by atoms with E-state index in [9.17, 15) is 9.59 Å². The molecule has 0 amide bonds. The van der Waals surface area contributed by atoms with Gasteiger partial charge in [-0.05, 0) is 30.7 Å². The summed E-state index contributed by atoms with van der Waals surface area (Å²) in [5, 5.41) is 16.5. The van der Waals surface area contributed by atoms with Crippen LogP contribution in [0.2, 0.25) is 0 Å². The molecule has 9 heteroatoms. The Bertz CT molecular complexity index is 702. The van der Waals surface area contributed by atoms with Gasteiger partial charge >= 0.3 is 5.97 Å². The van der Waals surface area contributed by atoms with Crippen molar-refractivity contribution < 1.29 is 14.6 Å². The van der Waals surface area contributed by atoms with Crippen LogP contribution in [-0.4, -0.2) is 38.3 Å². The lowest BCUT2D eigenvalue weighted by Gasteiger charge is -2.07. The molecule has 0 spiro atoms.